The highest BCUT2D eigenvalue weighted by atomic mass is 31.2. The molecule has 0 aromatic carbocycles. The number of carbonyl (C=O) groups excluding carboxylic acids is 3. The van der Waals surface area contributed by atoms with E-state index in [1.165, 1.54) is 6.92 Å². The number of phosphoric acid groups is 2. The van der Waals surface area contributed by atoms with Crippen LogP contribution in [-0.4, -0.2) is 85.3 Å². The smallest absolute Gasteiger partial charge is 0.393 e. The molecule has 0 aliphatic rings. The van der Waals surface area contributed by atoms with Gasteiger partial charge in [0.05, 0.1) is 13.2 Å². The van der Waals surface area contributed by atoms with Gasteiger partial charge in [-0.1, -0.05) is 0 Å². The van der Waals surface area contributed by atoms with Crippen LogP contribution in [0.5, 0.6) is 0 Å². The summed E-state index contributed by atoms with van der Waals surface area (Å²) in [4.78, 5) is 61.9. The van der Waals surface area contributed by atoms with E-state index in [1.807, 2.05) is 0 Å². The fraction of sp³-hybridized carbons (Fsp3) is 0.700. The van der Waals surface area contributed by atoms with Gasteiger partial charge in [0.25, 0.3) is 0 Å². The second-order valence-electron chi connectivity index (χ2n) is 4.01. The van der Waals surface area contributed by atoms with Crippen LogP contribution in [0.25, 0.3) is 0 Å². The molecule has 0 aliphatic carbocycles. The molecule has 0 fully saturated rings. The molecular weight excluding hydrogens is 406 g/mol. The Morgan fingerprint density at radius 1 is 1.00 bits per heavy atom. The fourth-order valence-electron chi connectivity index (χ4n) is 0.865. The monoisotopic (exact) mass is 428 g/mol. The predicted octanol–water partition coefficient (Wildman–Crippen LogP) is -2.73. The summed E-state index contributed by atoms with van der Waals surface area (Å²) in [5.74, 6) is 0. The maximum Gasteiger partial charge on any atom is 0.469 e. The van der Waals surface area contributed by atoms with Gasteiger partial charge in [-0.25, -0.2) is 9.13 Å². The lowest BCUT2D eigenvalue weighted by Gasteiger charge is -2.21. The molecule has 0 saturated heterocycles. The van der Waals surface area contributed by atoms with E-state index in [0.717, 1.165) is 6.29 Å². The number of aldehydes is 3. The van der Waals surface area contributed by atoms with Crippen molar-refractivity contribution in [3.63, 3.8) is 0 Å². The van der Waals surface area contributed by atoms with Crippen molar-refractivity contribution in [2.24, 2.45) is 0 Å². The summed E-state index contributed by atoms with van der Waals surface area (Å²) in [6.07, 6.45) is -3.91. The highest BCUT2D eigenvalue weighted by molar-refractivity contribution is 7.46. The molecule has 16 heteroatoms. The molecule has 7 N–H and O–H groups in total. The zero-order valence-electron chi connectivity index (χ0n) is 13.5. The molecule has 3 atom stereocenters. The summed E-state index contributed by atoms with van der Waals surface area (Å²) in [7, 11) is -9.77. The van der Waals surface area contributed by atoms with E-state index >= 15 is 0 Å². The Bertz CT molecular complexity index is 470. The van der Waals surface area contributed by atoms with Crippen LogP contribution >= 0.6 is 15.6 Å². The van der Waals surface area contributed by atoms with Crippen LogP contribution in [0.1, 0.15) is 13.3 Å². The van der Waals surface area contributed by atoms with Crippen LogP contribution < -0.4 is 0 Å². The molecule has 0 amide bonds. The van der Waals surface area contributed by atoms with Gasteiger partial charge in [-0.2, -0.15) is 0 Å². The lowest BCUT2D eigenvalue weighted by molar-refractivity contribution is -0.116. The van der Waals surface area contributed by atoms with Crippen molar-refractivity contribution in [1.29, 1.82) is 0 Å². The van der Waals surface area contributed by atoms with Crippen molar-refractivity contribution in [1.82, 2.24) is 0 Å². The summed E-state index contributed by atoms with van der Waals surface area (Å²) >= 11 is 0. The average Bonchev–Trinajstić information content (AvgIpc) is 2.50. The Labute approximate surface area is 147 Å². The topological polar surface area (TPSA) is 245 Å². The fourth-order valence-corrected chi connectivity index (χ4v) is 1.79. The first-order valence-corrected chi connectivity index (χ1v) is 9.53. The van der Waals surface area contributed by atoms with Gasteiger partial charge >= 0.3 is 15.6 Å². The molecule has 0 aromatic heterocycles. The van der Waals surface area contributed by atoms with Crippen molar-refractivity contribution >= 4 is 34.5 Å². The molecule has 26 heavy (non-hydrogen) atoms. The summed E-state index contributed by atoms with van der Waals surface area (Å²) in [5, 5.41) is 25.2. The lowest BCUT2D eigenvalue weighted by Crippen LogP contribution is -2.32. The van der Waals surface area contributed by atoms with E-state index in [2.05, 4.69) is 9.05 Å². The van der Waals surface area contributed by atoms with Crippen LogP contribution in [0.3, 0.4) is 0 Å². The van der Waals surface area contributed by atoms with Crippen molar-refractivity contribution in [3.05, 3.63) is 0 Å². The molecule has 0 heterocycles. The Hall–Kier alpha value is -0.890. The van der Waals surface area contributed by atoms with Crippen molar-refractivity contribution in [2.45, 2.75) is 31.7 Å². The molecule has 0 spiro atoms. The number of phosphoric ester groups is 2. The number of carbonyl (C=O) groups is 3. The number of aliphatic hydroxyl groups is 3. The largest absolute Gasteiger partial charge is 0.469 e. The minimum atomic E-state index is -4.94. The second-order valence-corrected chi connectivity index (χ2v) is 6.44. The average molecular weight is 428 g/mol. The van der Waals surface area contributed by atoms with E-state index in [1.54, 1.807) is 0 Å². The normalized spacial score (nSPS) is 14.5. The van der Waals surface area contributed by atoms with E-state index in [9.17, 15) is 23.8 Å². The van der Waals surface area contributed by atoms with Crippen molar-refractivity contribution in [2.75, 3.05) is 13.2 Å². The van der Waals surface area contributed by atoms with Crippen LogP contribution in [-0.2, 0) is 32.6 Å². The second kappa shape index (κ2) is 16.3. The Morgan fingerprint density at radius 2 is 1.46 bits per heavy atom. The van der Waals surface area contributed by atoms with Gasteiger partial charge in [-0.15, -0.1) is 0 Å². The SMILES string of the molecule is CC=O.O=CC(O)CO.O=CC[C@H](OP(=O)(O)O)[C@H](O)COP(=O)(O)O. The van der Waals surface area contributed by atoms with Gasteiger partial charge in [-0.3, -0.25) is 9.05 Å². The maximum absolute atomic E-state index is 10.5. The summed E-state index contributed by atoms with van der Waals surface area (Å²) in [5.41, 5.74) is 0. The molecule has 0 saturated carbocycles. The highest BCUT2D eigenvalue weighted by Crippen LogP contribution is 2.40. The van der Waals surface area contributed by atoms with Crippen LogP contribution in [0, 0.1) is 0 Å². The van der Waals surface area contributed by atoms with Gasteiger partial charge < -0.3 is 49.3 Å². The van der Waals surface area contributed by atoms with Crippen molar-refractivity contribution < 1.29 is 67.5 Å². The molecule has 0 aromatic rings. The van der Waals surface area contributed by atoms with E-state index in [0.29, 0.717) is 0 Å². The highest BCUT2D eigenvalue weighted by Gasteiger charge is 2.30. The quantitative estimate of drug-likeness (QED) is 0.138. The van der Waals surface area contributed by atoms with E-state index in [-0.39, 0.29) is 12.6 Å². The third-order valence-corrected chi connectivity index (χ3v) is 2.82. The van der Waals surface area contributed by atoms with Crippen molar-refractivity contribution in [3.8, 4) is 0 Å². The maximum atomic E-state index is 10.5. The van der Waals surface area contributed by atoms with Crippen LogP contribution in [0.2, 0.25) is 0 Å². The molecule has 0 bridgehead atoms. The summed E-state index contributed by atoms with van der Waals surface area (Å²) < 4.78 is 28.7. The van der Waals surface area contributed by atoms with Gasteiger partial charge in [0.2, 0.25) is 0 Å². The molecule has 156 valence electrons. The summed E-state index contributed by atoms with van der Waals surface area (Å²) in [6.45, 7) is 0.0201. The van der Waals surface area contributed by atoms with Crippen LogP contribution in [0.15, 0.2) is 0 Å². The lowest BCUT2D eigenvalue weighted by atomic mass is 10.2. The molecule has 1 unspecified atom stereocenters. The zero-order chi connectivity index (χ0) is 21.4. The molecule has 0 radical (unpaired) electrons. The van der Waals surface area contributed by atoms with E-state index in [4.69, 9.17) is 34.6 Å². The molecular formula is C10H22O14P2. The number of aliphatic hydroxyl groups excluding tert-OH is 3. The number of rotatable bonds is 10. The number of hydrogen-bond donors (Lipinski definition) is 7. The minimum Gasteiger partial charge on any atom is -0.393 e. The first-order valence-electron chi connectivity index (χ1n) is 6.47. The minimum absolute atomic E-state index is 0.223. The van der Waals surface area contributed by atoms with E-state index < -0.39 is 53.6 Å². The van der Waals surface area contributed by atoms with Gasteiger partial charge in [0, 0.05) is 6.42 Å². The van der Waals surface area contributed by atoms with Gasteiger partial charge in [0.15, 0.2) is 6.29 Å². The first kappa shape index (κ1) is 29.9. The summed E-state index contributed by atoms with van der Waals surface area (Å²) in [6, 6.07) is 0. The Kier molecular flexibility index (Phi) is 18.7. The zero-order valence-corrected chi connectivity index (χ0v) is 15.3. The third kappa shape index (κ3) is 25.4. The molecule has 0 aliphatic heterocycles. The van der Waals surface area contributed by atoms with Crippen LogP contribution in [0.4, 0.5) is 0 Å². The first-order chi connectivity index (χ1) is 11.8. The Balaban J connectivity index is -0.000000486. The Morgan fingerprint density at radius 3 is 1.69 bits per heavy atom. The predicted molar refractivity (Wildman–Crippen MR) is 82.5 cm³/mol. The standard InChI is InChI=1S/C5H12O10P2.C3H6O3.C2H4O/c6-2-1-5(15-17(11,12)13)4(7)3-14-16(8,9)10;4-1-3(6)2-5;1-2-3/h2,4-5,7H,1,3H2,(H2,8,9,10)(H2,11,12,13);1,3,5-6H,2H2;2H,1H3/t4-,5+;;/m1../s1. The van der Waals surface area contributed by atoms with Gasteiger partial charge in [-0.05, 0) is 6.92 Å². The number of hydrogen-bond acceptors (Lipinski definition) is 10. The molecule has 14 nitrogen and oxygen atoms in total. The molecule has 0 rings (SSSR count). The van der Waals surface area contributed by atoms with Gasteiger partial charge in [0.1, 0.15) is 30.9 Å². The third-order valence-electron chi connectivity index (χ3n) is 1.79.